The van der Waals surface area contributed by atoms with Gasteiger partial charge in [0.05, 0.1) is 43.0 Å². The minimum absolute atomic E-state index is 0.00930. The molecule has 4 heterocycles. The molecule has 0 spiro atoms. The Labute approximate surface area is 454 Å². The number of fused-ring (bicyclic) bond motifs is 8. The van der Waals surface area contributed by atoms with Crippen LogP contribution in [0.4, 0.5) is 0 Å². The van der Waals surface area contributed by atoms with E-state index in [0.717, 1.165) is 39.5 Å². The molecular formula is C52H56N2O26. The summed E-state index contributed by atoms with van der Waals surface area (Å²) in [5.74, 6) is -7.67. The molecule has 28 nitrogen and oxygen atoms in total. The van der Waals surface area contributed by atoms with Gasteiger partial charge >= 0.3 is 53.7 Å². The number of hydrogen-bond acceptors (Lipinski definition) is 26. The van der Waals surface area contributed by atoms with Gasteiger partial charge in [-0.2, -0.15) is 0 Å². The smallest absolute Gasteiger partial charge is 0.344 e. The molecule has 0 saturated heterocycles. The Hall–Kier alpha value is -9.11. The fourth-order valence-corrected chi connectivity index (χ4v) is 9.60. The van der Waals surface area contributed by atoms with E-state index in [0.29, 0.717) is 11.1 Å². The molecule has 0 aromatic heterocycles. The van der Waals surface area contributed by atoms with Gasteiger partial charge in [-0.05, 0) is 56.2 Å². The summed E-state index contributed by atoms with van der Waals surface area (Å²) in [6.07, 6.45) is -4.83. The third-order valence-corrected chi connectivity index (χ3v) is 12.2. The molecule has 6 aliphatic rings. The van der Waals surface area contributed by atoms with Crippen LogP contribution in [-0.2, 0) is 85.8 Å². The predicted molar refractivity (Wildman–Crippen MR) is 261 cm³/mol. The second kappa shape index (κ2) is 25.1. The van der Waals surface area contributed by atoms with Crippen molar-refractivity contribution in [3.63, 3.8) is 0 Å². The van der Waals surface area contributed by atoms with Gasteiger partial charge in [0, 0.05) is 52.7 Å². The van der Waals surface area contributed by atoms with Gasteiger partial charge in [-0.3, -0.25) is 43.2 Å². The summed E-state index contributed by atoms with van der Waals surface area (Å²) in [6.45, 7) is 9.82. The van der Waals surface area contributed by atoms with Crippen LogP contribution in [0.1, 0.15) is 94.2 Å². The van der Waals surface area contributed by atoms with E-state index >= 15 is 0 Å². The highest BCUT2D eigenvalue weighted by atomic mass is 16.7. The van der Waals surface area contributed by atoms with E-state index in [-0.39, 0.29) is 90.2 Å². The molecule has 4 aliphatic heterocycles. The van der Waals surface area contributed by atoms with Crippen LogP contribution in [-0.4, -0.2) is 172 Å². The summed E-state index contributed by atoms with van der Waals surface area (Å²) in [4.78, 5) is 138. The Bertz CT molecular complexity index is 2940. The molecule has 0 saturated carbocycles. The average molecular weight is 1130 g/mol. The summed E-state index contributed by atoms with van der Waals surface area (Å²) in [5, 5.41) is 2.74. The van der Waals surface area contributed by atoms with Crippen molar-refractivity contribution < 1.29 is 124 Å². The van der Waals surface area contributed by atoms with E-state index < -0.39 is 134 Å². The average Bonchev–Trinajstić information content (AvgIpc) is 3.89. The standard InChI is InChI=1S/C28H31NO14.C24H25NO12/c1-6-36-20(33)10-29-23-17(9-19(41-13(3)30)25(42-14(4)31)27(23)43-15(5)32)16-8-18-24(40-12-39-18)26(22(16)28(29)35)38-11-21(34)37-7-2;1-5-31-17(29)8-32-22-18-13(6-15-20(22)34-9-33-15)14-7-16(35-10(2)26)21(36-11(3)27)23(37-12(4)28)19(14)25-24(18)30/h8-9,19,23,25,27H,6-7,10-12H2,1-5H3;6-7,16,19,21,23H,5,8-9H2,1-4H3,(H,25,30)/t19-,23+,25+,27-;16-,19+,21+,23-/m00/s1. The molecular weight excluding hydrogens is 1070 g/mol. The zero-order chi connectivity index (χ0) is 58.3. The van der Waals surface area contributed by atoms with Crippen molar-refractivity contribution in [3.8, 4) is 34.5 Å². The first kappa shape index (κ1) is 58.6. The van der Waals surface area contributed by atoms with Gasteiger partial charge in [0.2, 0.25) is 25.1 Å². The van der Waals surface area contributed by atoms with Gasteiger partial charge in [0.1, 0.15) is 6.54 Å². The summed E-state index contributed by atoms with van der Waals surface area (Å²) >= 11 is 0. The van der Waals surface area contributed by atoms with Crippen LogP contribution in [0, 0.1) is 0 Å². The molecule has 80 heavy (non-hydrogen) atoms. The van der Waals surface area contributed by atoms with Gasteiger partial charge in [-0.1, -0.05) is 0 Å². The van der Waals surface area contributed by atoms with Gasteiger partial charge in [-0.25, -0.2) is 9.59 Å². The van der Waals surface area contributed by atoms with Crippen molar-refractivity contribution in [1.82, 2.24) is 10.2 Å². The van der Waals surface area contributed by atoms with Crippen LogP contribution in [0.15, 0.2) is 24.3 Å². The molecule has 2 aliphatic carbocycles. The topological polar surface area (TPSA) is 341 Å². The molecule has 0 radical (unpaired) electrons. The van der Waals surface area contributed by atoms with E-state index in [1.165, 1.54) is 31.2 Å². The number of carbonyl (C=O) groups excluding carboxylic acids is 11. The number of nitrogens with zero attached hydrogens (tertiary/aromatic N) is 1. The number of benzene rings is 2. The van der Waals surface area contributed by atoms with Crippen LogP contribution < -0.4 is 33.7 Å². The normalized spacial score (nSPS) is 22.1. The maximum atomic E-state index is 14.3. The monoisotopic (exact) mass is 1120 g/mol. The van der Waals surface area contributed by atoms with Gasteiger partial charge in [-0.15, -0.1) is 0 Å². The van der Waals surface area contributed by atoms with E-state index in [1.54, 1.807) is 20.8 Å². The first-order valence-electron chi connectivity index (χ1n) is 24.8. The number of ether oxygens (including phenoxy) is 15. The first-order chi connectivity index (χ1) is 38.1. The lowest BCUT2D eigenvalue weighted by Gasteiger charge is -2.47. The fraction of sp³-hybridized carbons (Fsp3) is 0.481. The van der Waals surface area contributed by atoms with Crippen LogP contribution in [0.25, 0.3) is 11.1 Å². The highest BCUT2D eigenvalue weighted by Crippen LogP contribution is 2.53. The molecule has 8 atom stereocenters. The van der Waals surface area contributed by atoms with Crippen molar-refractivity contribution >= 4 is 76.7 Å². The van der Waals surface area contributed by atoms with Crippen molar-refractivity contribution in [2.45, 2.75) is 111 Å². The van der Waals surface area contributed by atoms with E-state index in [2.05, 4.69) is 5.32 Å². The first-order valence-corrected chi connectivity index (χ1v) is 24.8. The second-order valence-electron chi connectivity index (χ2n) is 17.7. The molecule has 1 N–H and O–H groups in total. The van der Waals surface area contributed by atoms with E-state index in [1.807, 2.05) is 0 Å². The van der Waals surface area contributed by atoms with Crippen molar-refractivity contribution in [3.05, 3.63) is 46.5 Å². The summed E-state index contributed by atoms with van der Waals surface area (Å²) in [6, 6.07) is 0.796. The van der Waals surface area contributed by atoms with Crippen molar-refractivity contribution in [2.24, 2.45) is 0 Å². The van der Waals surface area contributed by atoms with Crippen LogP contribution >= 0.6 is 0 Å². The molecule has 0 unspecified atom stereocenters. The summed E-state index contributed by atoms with van der Waals surface area (Å²) in [5.41, 5.74) is 1.02. The third kappa shape index (κ3) is 12.7. The second-order valence-corrected chi connectivity index (χ2v) is 17.7. The van der Waals surface area contributed by atoms with Crippen LogP contribution in [0.2, 0.25) is 0 Å². The quantitative estimate of drug-likeness (QED) is 0.174. The number of amides is 2. The summed E-state index contributed by atoms with van der Waals surface area (Å²) in [7, 11) is 0. The van der Waals surface area contributed by atoms with Gasteiger partial charge < -0.3 is 81.3 Å². The Morgan fingerprint density at radius 3 is 1.41 bits per heavy atom. The molecule has 2 aromatic rings. The fourth-order valence-electron chi connectivity index (χ4n) is 9.60. The number of esters is 9. The number of nitrogens with one attached hydrogen (secondary N) is 1. The lowest BCUT2D eigenvalue weighted by molar-refractivity contribution is -0.184. The lowest BCUT2D eigenvalue weighted by Crippen LogP contribution is -2.62. The highest BCUT2D eigenvalue weighted by Gasteiger charge is 2.55. The number of rotatable bonds is 17. The zero-order valence-corrected chi connectivity index (χ0v) is 44.6. The summed E-state index contributed by atoms with van der Waals surface area (Å²) < 4.78 is 81.2. The van der Waals surface area contributed by atoms with Gasteiger partial charge in [0.15, 0.2) is 72.8 Å². The Kier molecular flexibility index (Phi) is 18.4. The maximum Gasteiger partial charge on any atom is 0.344 e. The van der Waals surface area contributed by atoms with E-state index in [4.69, 9.17) is 71.1 Å². The maximum absolute atomic E-state index is 14.3. The van der Waals surface area contributed by atoms with E-state index in [9.17, 15) is 52.7 Å². The van der Waals surface area contributed by atoms with Crippen LogP contribution in [0.5, 0.6) is 34.5 Å². The number of carbonyl (C=O) groups is 11. The largest absolute Gasteiger partial charge is 0.477 e. The molecule has 2 amide bonds. The Morgan fingerprint density at radius 2 is 0.938 bits per heavy atom. The molecule has 28 heteroatoms. The number of hydrogen-bond donors (Lipinski definition) is 1. The Morgan fingerprint density at radius 1 is 0.525 bits per heavy atom. The molecule has 8 rings (SSSR count). The molecule has 2 aromatic carbocycles. The highest BCUT2D eigenvalue weighted by molar-refractivity contribution is 6.09. The molecule has 430 valence electrons. The van der Waals surface area contributed by atoms with Crippen molar-refractivity contribution in [2.75, 3.05) is 53.2 Å². The minimum atomic E-state index is -1.44. The van der Waals surface area contributed by atoms with Crippen molar-refractivity contribution in [1.29, 1.82) is 0 Å². The third-order valence-electron chi connectivity index (χ3n) is 12.2. The molecule has 0 bridgehead atoms. The molecule has 0 fully saturated rings. The minimum Gasteiger partial charge on any atom is -0.477 e. The zero-order valence-electron chi connectivity index (χ0n) is 44.6. The van der Waals surface area contributed by atoms with Gasteiger partial charge in [0.25, 0.3) is 11.8 Å². The lowest BCUT2D eigenvalue weighted by atomic mass is 9.77. The van der Waals surface area contributed by atoms with Crippen LogP contribution in [0.3, 0.4) is 0 Å². The SMILES string of the molecule is CCOC(=O)COc1c2c(cc3c1C(=O)N(CC(=O)OCC)[C@@H]1C3=C[C@H](OC(C)=O)[C@@H](OC(C)=O)[C@H]1OC(C)=O)OCO2.CCOC(=O)COc1c2c(cc3c1C(=O)N[C@@H]1C3=C[C@H](OC(C)=O)[C@@H](OC(C)=O)[C@H]1OC(C)=O)OCO2. The predicted octanol–water partition coefficient (Wildman–Crippen LogP) is 1.60. The Balaban J connectivity index is 0.000000234.